The number of halogens is 1. The number of hydrogen-bond acceptors (Lipinski definition) is 4. The molecule has 1 heterocycles. The number of carbonyl (C=O) groups excluding carboxylic acids is 2. The molecule has 5 nitrogen and oxygen atoms in total. The van der Waals surface area contributed by atoms with Gasteiger partial charge in [-0.25, -0.2) is 0 Å². The lowest BCUT2D eigenvalue weighted by Crippen LogP contribution is -3.00. The lowest BCUT2D eigenvalue weighted by Gasteiger charge is -2.17. The predicted molar refractivity (Wildman–Crippen MR) is 184 cm³/mol. The monoisotopic (exact) mass is 743 g/mol. The Labute approximate surface area is 295 Å². The van der Waals surface area contributed by atoms with Gasteiger partial charge in [0.05, 0.1) is 0 Å². The predicted octanol–water partition coefficient (Wildman–Crippen LogP) is 7.93. The summed E-state index contributed by atoms with van der Waals surface area (Å²) in [4.78, 5) is 25.2. The minimum absolute atomic E-state index is 0. The molecular weight excluding hydrogens is 673 g/mol. The lowest BCUT2D eigenvalue weighted by molar-refractivity contribution is -0.736. The summed E-state index contributed by atoms with van der Waals surface area (Å²) in [5, 5.41) is 0. The van der Waals surface area contributed by atoms with Crippen LogP contribution >= 0.6 is 0 Å². The van der Waals surface area contributed by atoms with E-state index in [0.29, 0.717) is 12.8 Å². The van der Waals surface area contributed by atoms with Crippen LogP contribution in [0.3, 0.4) is 0 Å². The van der Waals surface area contributed by atoms with Crippen LogP contribution in [-0.2, 0) is 19.1 Å². The summed E-state index contributed by atoms with van der Waals surface area (Å²) in [6, 6.07) is 4.03. The number of aromatic nitrogens is 1. The maximum atomic E-state index is 12.6. The number of esters is 2. The molecular formula is C39H70INO4. The van der Waals surface area contributed by atoms with Crippen LogP contribution in [0.25, 0.3) is 0 Å². The van der Waals surface area contributed by atoms with E-state index in [9.17, 15) is 9.59 Å². The second-order valence-corrected chi connectivity index (χ2v) is 13.3. The van der Waals surface area contributed by atoms with E-state index in [1.54, 1.807) is 0 Å². The van der Waals surface area contributed by atoms with E-state index < -0.39 is 0 Å². The molecule has 0 amide bonds. The van der Waals surface area contributed by atoms with E-state index in [4.69, 9.17) is 9.47 Å². The van der Waals surface area contributed by atoms with Gasteiger partial charge in [0, 0.05) is 38.8 Å². The van der Waals surface area contributed by atoms with E-state index in [2.05, 4.69) is 51.3 Å². The highest BCUT2D eigenvalue weighted by Crippen LogP contribution is 2.15. The van der Waals surface area contributed by atoms with Gasteiger partial charge in [-0.2, -0.15) is 4.57 Å². The van der Waals surface area contributed by atoms with Gasteiger partial charge >= 0.3 is 11.9 Å². The highest BCUT2D eigenvalue weighted by Gasteiger charge is 2.27. The van der Waals surface area contributed by atoms with Crippen LogP contribution in [0, 0.1) is 20.8 Å². The molecule has 0 aliphatic heterocycles. The van der Waals surface area contributed by atoms with Crippen molar-refractivity contribution >= 4 is 11.9 Å². The van der Waals surface area contributed by atoms with E-state index in [-0.39, 0.29) is 55.2 Å². The maximum absolute atomic E-state index is 12.6. The van der Waals surface area contributed by atoms with Crippen molar-refractivity contribution in [2.75, 3.05) is 13.2 Å². The number of hydrogen-bond donors (Lipinski definition) is 0. The fourth-order valence-corrected chi connectivity index (χ4v) is 6.28. The Hall–Kier alpha value is -1.18. The minimum atomic E-state index is -0.224. The number of unbranched alkanes of at least 4 members (excludes halogenated alkanes) is 20. The summed E-state index contributed by atoms with van der Waals surface area (Å²) in [5.41, 5.74) is 3.35. The first-order valence-corrected chi connectivity index (χ1v) is 18.7. The first-order valence-electron chi connectivity index (χ1n) is 18.7. The van der Waals surface area contributed by atoms with Crippen LogP contribution in [0.15, 0.2) is 12.1 Å². The number of carbonyl (C=O) groups is 2. The van der Waals surface area contributed by atoms with Crippen LogP contribution in [0.2, 0.25) is 0 Å². The molecule has 0 unspecified atom stereocenters. The second kappa shape index (κ2) is 30.2. The van der Waals surface area contributed by atoms with Crippen LogP contribution in [0.4, 0.5) is 0 Å². The van der Waals surface area contributed by atoms with E-state index in [0.717, 1.165) is 37.1 Å². The van der Waals surface area contributed by atoms with Crippen LogP contribution in [-0.4, -0.2) is 25.2 Å². The summed E-state index contributed by atoms with van der Waals surface area (Å²) in [5.74, 6) is -0.303. The van der Waals surface area contributed by atoms with Crippen molar-refractivity contribution in [3.8, 4) is 0 Å². The summed E-state index contributed by atoms with van der Waals surface area (Å²) < 4.78 is 13.6. The highest BCUT2D eigenvalue weighted by atomic mass is 127. The molecule has 1 aromatic rings. The Morgan fingerprint density at radius 3 is 1.13 bits per heavy atom. The van der Waals surface area contributed by atoms with Crippen molar-refractivity contribution in [3.05, 3.63) is 29.1 Å². The first-order chi connectivity index (χ1) is 21.4. The molecule has 0 N–H and O–H groups in total. The topological polar surface area (TPSA) is 56.5 Å². The molecule has 0 saturated heterocycles. The molecule has 0 atom stereocenters. The number of rotatable bonds is 29. The summed E-state index contributed by atoms with van der Waals surface area (Å²) in [7, 11) is 0. The third-order valence-electron chi connectivity index (χ3n) is 8.84. The van der Waals surface area contributed by atoms with Crippen LogP contribution < -0.4 is 28.5 Å². The maximum Gasteiger partial charge on any atom is 0.306 e. The lowest BCUT2D eigenvalue weighted by atomic mass is 10.1. The van der Waals surface area contributed by atoms with Gasteiger partial charge in [-0.15, -0.1) is 0 Å². The third-order valence-corrected chi connectivity index (χ3v) is 8.84. The molecule has 1 aromatic heterocycles. The molecule has 0 bridgehead atoms. The Morgan fingerprint density at radius 2 is 0.822 bits per heavy atom. The van der Waals surface area contributed by atoms with Crippen molar-refractivity contribution in [2.45, 2.75) is 195 Å². The average Bonchev–Trinajstić information content (AvgIpc) is 2.99. The number of ether oxygens (including phenoxy) is 2. The second-order valence-electron chi connectivity index (χ2n) is 13.3. The van der Waals surface area contributed by atoms with Gasteiger partial charge in [-0.3, -0.25) is 9.59 Å². The van der Waals surface area contributed by atoms with E-state index in [1.807, 2.05) is 0 Å². The van der Waals surface area contributed by atoms with Gasteiger partial charge in [0.25, 0.3) is 0 Å². The zero-order valence-corrected chi connectivity index (χ0v) is 32.2. The van der Waals surface area contributed by atoms with Gasteiger partial charge in [-0.1, -0.05) is 142 Å². The number of pyridine rings is 1. The number of nitrogens with zero attached hydrogens (tertiary/aromatic N) is 1. The van der Waals surface area contributed by atoms with Gasteiger partial charge in [0.1, 0.15) is 0 Å². The summed E-state index contributed by atoms with van der Waals surface area (Å²) in [6.07, 6.45) is 28.6. The Balaban J connectivity index is 0.0000194. The zero-order chi connectivity index (χ0) is 32.3. The highest BCUT2D eigenvalue weighted by molar-refractivity contribution is 5.69. The van der Waals surface area contributed by atoms with Gasteiger partial charge in [-0.05, 0) is 25.3 Å². The molecule has 0 aliphatic carbocycles. The fourth-order valence-electron chi connectivity index (χ4n) is 6.28. The van der Waals surface area contributed by atoms with Gasteiger partial charge < -0.3 is 33.5 Å². The SMILES string of the molecule is CCCCCCCCCCCCCC(=O)OCC(COC(=O)CCCCCCCCCCCCC)[n+]1c(C)cc(C)cc1C.[I-]. The van der Waals surface area contributed by atoms with E-state index >= 15 is 0 Å². The van der Waals surface area contributed by atoms with Crippen molar-refractivity contribution in [1.82, 2.24) is 0 Å². The molecule has 0 saturated carbocycles. The Morgan fingerprint density at radius 1 is 0.533 bits per heavy atom. The van der Waals surface area contributed by atoms with Crippen molar-refractivity contribution in [3.63, 3.8) is 0 Å². The normalized spacial score (nSPS) is 11.1. The standard InChI is InChI=1S/C39H70NO4.HI/c1-6-8-10-12-14-16-18-20-22-24-26-28-38(41)43-32-37(40-35(4)30-34(3)31-36(40)5)33-44-39(42)29-27-25-23-21-19-17-15-13-11-9-7-2;/h30-31,37H,6-29,32-33H2,1-5H3;1H/q+1;/p-1. The summed E-state index contributed by atoms with van der Waals surface area (Å²) >= 11 is 0. The average molecular weight is 744 g/mol. The molecule has 0 aromatic carbocycles. The molecule has 0 fully saturated rings. The van der Waals surface area contributed by atoms with Crippen molar-refractivity contribution in [2.24, 2.45) is 0 Å². The van der Waals surface area contributed by atoms with Gasteiger partial charge in [0.15, 0.2) is 24.6 Å². The first kappa shape index (κ1) is 43.8. The molecule has 262 valence electrons. The van der Waals surface area contributed by atoms with Crippen LogP contribution in [0.5, 0.6) is 0 Å². The smallest absolute Gasteiger partial charge is 0.306 e. The van der Waals surface area contributed by atoms with Crippen molar-refractivity contribution < 1.29 is 47.6 Å². The quantitative estimate of drug-likeness (QED) is 0.0362. The molecule has 1 rings (SSSR count). The van der Waals surface area contributed by atoms with Crippen LogP contribution in [0.1, 0.15) is 191 Å². The molecule has 0 spiro atoms. The molecule has 0 aliphatic rings. The zero-order valence-electron chi connectivity index (χ0n) is 30.1. The fraction of sp³-hybridized carbons (Fsp3) is 0.821. The minimum Gasteiger partial charge on any atom is -1.00 e. The van der Waals surface area contributed by atoms with E-state index in [1.165, 1.54) is 121 Å². The molecule has 6 heteroatoms. The molecule has 0 radical (unpaired) electrons. The molecule has 45 heavy (non-hydrogen) atoms. The Bertz CT molecular complexity index is 810. The summed E-state index contributed by atoms with van der Waals surface area (Å²) in [6.45, 7) is 11.2. The Kier molecular flexibility index (Phi) is 29.4. The van der Waals surface area contributed by atoms with Gasteiger partial charge in [0.2, 0.25) is 6.04 Å². The number of aryl methyl sites for hydroxylation is 3. The third kappa shape index (κ3) is 23.7. The largest absolute Gasteiger partial charge is 1.00 e. The van der Waals surface area contributed by atoms with Crippen molar-refractivity contribution in [1.29, 1.82) is 0 Å².